The maximum Gasteiger partial charge on any atom is 0.217 e. The molecule has 0 fully saturated rings. The summed E-state index contributed by atoms with van der Waals surface area (Å²) in [5.41, 5.74) is 6.09. The fourth-order valence-corrected chi connectivity index (χ4v) is 2.17. The Bertz CT molecular complexity index is 465. The largest absolute Gasteiger partial charge is 0.486 e. The van der Waals surface area contributed by atoms with E-state index in [0.717, 1.165) is 18.5 Å². The molecule has 0 aliphatic carbocycles. The van der Waals surface area contributed by atoms with Gasteiger partial charge in [0.25, 0.3) is 0 Å². The molecular formula is C13H17ClN2O3. The molecule has 0 saturated heterocycles. The summed E-state index contributed by atoms with van der Waals surface area (Å²) in [6.07, 6.45) is 1.13. The van der Waals surface area contributed by atoms with Crippen LogP contribution in [0.3, 0.4) is 0 Å². The molecule has 1 heterocycles. The first-order valence-corrected chi connectivity index (χ1v) is 6.61. The van der Waals surface area contributed by atoms with Crippen molar-refractivity contribution in [3.63, 3.8) is 0 Å². The molecule has 1 aliphatic rings. The Labute approximate surface area is 117 Å². The lowest BCUT2D eigenvalue weighted by Crippen LogP contribution is -2.19. The molecule has 19 heavy (non-hydrogen) atoms. The first kappa shape index (κ1) is 14.0. The molecule has 6 heteroatoms. The van der Waals surface area contributed by atoms with E-state index in [2.05, 4.69) is 5.32 Å². The third-order valence-corrected chi connectivity index (χ3v) is 3.04. The highest BCUT2D eigenvalue weighted by Gasteiger charge is 2.16. The highest BCUT2D eigenvalue weighted by Crippen LogP contribution is 2.38. The minimum absolute atomic E-state index is 0.274. The first-order chi connectivity index (χ1) is 9.16. The smallest absolute Gasteiger partial charge is 0.217 e. The highest BCUT2D eigenvalue weighted by atomic mass is 35.5. The maximum atomic E-state index is 10.6. The van der Waals surface area contributed by atoms with Crippen LogP contribution in [0.4, 0.5) is 0 Å². The van der Waals surface area contributed by atoms with Crippen molar-refractivity contribution in [3.8, 4) is 11.5 Å². The molecular weight excluding hydrogens is 268 g/mol. The van der Waals surface area contributed by atoms with E-state index >= 15 is 0 Å². The lowest BCUT2D eigenvalue weighted by atomic mass is 10.2. The zero-order chi connectivity index (χ0) is 13.7. The third-order valence-electron chi connectivity index (χ3n) is 2.76. The van der Waals surface area contributed by atoms with Crippen molar-refractivity contribution < 1.29 is 14.3 Å². The van der Waals surface area contributed by atoms with E-state index in [9.17, 15) is 4.79 Å². The molecule has 0 spiro atoms. The van der Waals surface area contributed by atoms with Gasteiger partial charge in [-0.3, -0.25) is 4.79 Å². The van der Waals surface area contributed by atoms with Gasteiger partial charge in [0.05, 0.1) is 5.02 Å². The van der Waals surface area contributed by atoms with Crippen LogP contribution in [0.5, 0.6) is 11.5 Å². The summed E-state index contributed by atoms with van der Waals surface area (Å²) >= 11 is 6.14. The standard InChI is InChI=1S/C13H17ClN2O3/c14-10-6-9(8-16-3-1-2-12(15)17)7-11-13(10)19-5-4-18-11/h6-7,16H,1-5,8H2,(H2,15,17). The lowest BCUT2D eigenvalue weighted by Gasteiger charge is -2.20. The Balaban J connectivity index is 1.87. The van der Waals surface area contributed by atoms with Crippen LogP contribution in [0.25, 0.3) is 0 Å². The topological polar surface area (TPSA) is 73.6 Å². The average molecular weight is 285 g/mol. The third kappa shape index (κ3) is 4.01. The van der Waals surface area contributed by atoms with Crippen LogP contribution >= 0.6 is 11.6 Å². The fraction of sp³-hybridized carbons (Fsp3) is 0.462. The van der Waals surface area contributed by atoms with Gasteiger partial charge in [-0.1, -0.05) is 11.6 Å². The molecule has 5 nitrogen and oxygen atoms in total. The van der Waals surface area contributed by atoms with Gasteiger partial charge in [-0.15, -0.1) is 0 Å². The van der Waals surface area contributed by atoms with Crippen molar-refractivity contribution in [1.29, 1.82) is 0 Å². The van der Waals surface area contributed by atoms with Gasteiger partial charge in [0.1, 0.15) is 13.2 Å². The van der Waals surface area contributed by atoms with Crippen molar-refractivity contribution in [2.45, 2.75) is 19.4 Å². The molecule has 2 rings (SSSR count). The van der Waals surface area contributed by atoms with E-state index in [4.69, 9.17) is 26.8 Å². The van der Waals surface area contributed by atoms with Crippen LogP contribution in [0, 0.1) is 0 Å². The molecule has 0 atom stereocenters. The summed E-state index contributed by atoms with van der Waals surface area (Å²) in [5, 5.41) is 3.79. The van der Waals surface area contributed by atoms with Gasteiger partial charge < -0.3 is 20.5 Å². The molecule has 1 aromatic carbocycles. The molecule has 1 amide bonds. The van der Waals surface area contributed by atoms with Crippen molar-refractivity contribution in [2.75, 3.05) is 19.8 Å². The number of benzene rings is 1. The Morgan fingerprint density at radius 1 is 1.37 bits per heavy atom. The number of fused-ring (bicyclic) bond motifs is 1. The molecule has 0 unspecified atom stereocenters. The predicted molar refractivity (Wildman–Crippen MR) is 72.6 cm³/mol. The van der Waals surface area contributed by atoms with Gasteiger partial charge >= 0.3 is 0 Å². The van der Waals surface area contributed by atoms with E-state index in [1.54, 1.807) is 0 Å². The number of ether oxygens (including phenoxy) is 2. The van der Waals surface area contributed by atoms with Crippen molar-refractivity contribution in [2.24, 2.45) is 5.73 Å². The van der Waals surface area contributed by atoms with Gasteiger partial charge in [0.2, 0.25) is 5.91 Å². The number of amides is 1. The summed E-state index contributed by atoms with van der Waals surface area (Å²) in [5.74, 6) is 1.03. The lowest BCUT2D eigenvalue weighted by molar-refractivity contribution is -0.118. The summed E-state index contributed by atoms with van der Waals surface area (Å²) in [7, 11) is 0. The van der Waals surface area contributed by atoms with E-state index < -0.39 is 0 Å². The molecule has 1 aromatic rings. The Morgan fingerprint density at radius 3 is 2.95 bits per heavy atom. The minimum Gasteiger partial charge on any atom is -0.486 e. The van der Waals surface area contributed by atoms with Gasteiger partial charge in [-0.05, 0) is 30.7 Å². The van der Waals surface area contributed by atoms with Gasteiger partial charge in [-0.2, -0.15) is 0 Å². The Morgan fingerprint density at radius 2 is 2.16 bits per heavy atom. The normalized spacial score (nSPS) is 13.3. The number of hydrogen-bond donors (Lipinski definition) is 2. The first-order valence-electron chi connectivity index (χ1n) is 6.24. The van der Waals surface area contributed by atoms with E-state index in [1.807, 2.05) is 12.1 Å². The second-order valence-electron chi connectivity index (χ2n) is 4.35. The summed E-state index contributed by atoms with van der Waals surface area (Å²) < 4.78 is 11.0. The van der Waals surface area contributed by atoms with Gasteiger partial charge in [0.15, 0.2) is 11.5 Å². The number of rotatable bonds is 6. The zero-order valence-electron chi connectivity index (χ0n) is 10.6. The van der Waals surface area contributed by atoms with Crippen LogP contribution in [-0.2, 0) is 11.3 Å². The second kappa shape index (κ2) is 6.63. The fourth-order valence-electron chi connectivity index (χ4n) is 1.89. The predicted octanol–water partition coefficient (Wildman–Crippen LogP) is 1.47. The summed E-state index contributed by atoms with van der Waals surface area (Å²) in [6, 6.07) is 3.78. The second-order valence-corrected chi connectivity index (χ2v) is 4.76. The molecule has 104 valence electrons. The molecule has 0 radical (unpaired) electrons. The van der Waals surface area contributed by atoms with Crippen LogP contribution in [0.2, 0.25) is 5.02 Å². The molecule has 0 aromatic heterocycles. The molecule has 1 aliphatic heterocycles. The monoisotopic (exact) mass is 284 g/mol. The zero-order valence-corrected chi connectivity index (χ0v) is 11.3. The number of hydrogen-bond acceptors (Lipinski definition) is 4. The van der Waals surface area contributed by atoms with Crippen molar-refractivity contribution in [1.82, 2.24) is 5.32 Å². The number of nitrogens with two attached hydrogens (primary N) is 1. The van der Waals surface area contributed by atoms with E-state index in [1.165, 1.54) is 0 Å². The number of carbonyl (C=O) groups is 1. The highest BCUT2D eigenvalue weighted by molar-refractivity contribution is 6.32. The summed E-state index contributed by atoms with van der Waals surface area (Å²) in [4.78, 5) is 10.6. The van der Waals surface area contributed by atoms with Crippen LogP contribution in [0.1, 0.15) is 18.4 Å². The summed E-state index contributed by atoms with van der Waals surface area (Å²) in [6.45, 7) is 2.46. The van der Waals surface area contributed by atoms with E-state index in [0.29, 0.717) is 42.7 Å². The van der Waals surface area contributed by atoms with Crippen molar-refractivity contribution >= 4 is 17.5 Å². The quantitative estimate of drug-likeness (QED) is 0.776. The average Bonchev–Trinajstić information content (AvgIpc) is 2.38. The maximum absolute atomic E-state index is 10.6. The molecule has 3 N–H and O–H groups in total. The number of halogens is 1. The van der Waals surface area contributed by atoms with Crippen LogP contribution in [0.15, 0.2) is 12.1 Å². The molecule has 0 bridgehead atoms. The van der Waals surface area contributed by atoms with Crippen molar-refractivity contribution in [3.05, 3.63) is 22.7 Å². The SMILES string of the molecule is NC(=O)CCCNCc1cc(Cl)c2c(c1)OCCO2. The van der Waals surface area contributed by atoms with Gasteiger partial charge in [-0.25, -0.2) is 0 Å². The minimum atomic E-state index is -0.274. The number of carbonyl (C=O) groups excluding carboxylic acids is 1. The Kier molecular flexibility index (Phi) is 4.87. The Hall–Kier alpha value is -1.46. The van der Waals surface area contributed by atoms with Gasteiger partial charge in [0, 0.05) is 13.0 Å². The molecule has 0 saturated carbocycles. The number of primary amides is 1. The number of nitrogens with one attached hydrogen (secondary N) is 1. The van der Waals surface area contributed by atoms with Crippen LogP contribution < -0.4 is 20.5 Å². The van der Waals surface area contributed by atoms with E-state index in [-0.39, 0.29) is 5.91 Å². The van der Waals surface area contributed by atoms with Crippen LogP contribution in [-0.4, -0.2) is 25.7 Å².